The van der Waals surface area contributed by atoms with Crippen molar-refractivity contribution in [3.8, 4) is 22.9 Å². The number of methoxy groups -OCH3 is 1. The van der Waals surface area contributed by atoms with Crippen LogP contribution in [0.4, 0.5) is 0 Å². The second-order valence-corrected chi connectivity index (χ2v) is 7.48. The number of hydrogen-bond acceptors (Lipinski definition) is 9. The van der Waals surface area contributed by atoms with Crippen LogP contribution in [0.3, 0.4) is 0 Å². The minimum absolute atomic E-state index is 0.207. The molecule has 0 aliphatic rings. The van der Waals surface area contributed by atoms with E-state index in [0.29, 0.717) is 28.6 Å². The van der Waals surface area contributed by atoms with Crippen molar-refractivity contribution in [1.29, 1.82) is 0 Å². The molecular formula is C21H20N4O4S. The van der Waals surface area contributed by atoms with E-state index < -0.39 is 0 Å². The van der Waals surface area contributed by atoms with Gasteiger partial charge >= 0.3 is 0 Å². The summed E-state index contributed by atoms with van der Waals surface area (Å²) in [6.45, 7) is 4.22. The summed E-state index contributed by atoms with van der Waals surface area (Å²) in [6.07, 6.45) is 0. The molecule has 0 radical (unpaired) electrons. The SMILES string of the molecule is COc1cccc(-c2noc(CSc3nnc(COc4cc(C)ccc4C)o3)n2)c1. The van der Waals surface area contributed by atoms with Gasteiger partial charge in [0.1, 0.15) is 11.5 Å². The second-order valence-electron chi connectivity index (χ2n) is 6.55. The van der Waals surface area contributed by atoms with Crippen molar-refractivity contribution in [3.05, 3.63) is 65.4 Å². The predicted molar refractivity (Wildman–Crippen MR) is 110 cm³/mol. The Morgan fingerprint density at radius 3 is 2.80 bits per heavy atom. The summed E-state index contributed by atoms with van der Waals surface area (Å²) >= 11 is 1.32. The van der Waals surface area contributed by atoms with Gasteiger partial charge in [-0.25, -0.2) is 0 Å². The molecule has 30 heavy (non-hydrogen) atoms. The first kappa shape index (κ1) is 20.0. The highest BCUT2D eigenvalue weighted by molar-refractivity contribution is 7.98. The molecule has 0 N–H and O–H groups in total. The normalized spacial score (nSPS) is 10.9. The highest BCUT2D eigenvalue weighted by Gasteiger charge is 2.13. The van der Waals surface area contributed by atoms with Crippen LogP contribution in [0.15, 0.2) is 56.6 Å². The highest BCUT2D eigenvalue weighted by atomic mass is 32.2. The largest absolute Gasteiger partial charge is 0.497 e. The Hall–Kier alpha value is -3.33. The number of aromatic nitrogens is 4. The standard InChI is InChI=1S/C21H20N4O4S/c1-13-7-8-14(2)17(9-13)27-11-18-23-24-21(28-18)30-12-19-22-20(25-29-19)15-5-4-6-16(10-15)26-3/h4-10H,11-12H2,1-3H3. The smallest absolute Gasteiger partial charge is 0.277 e. The predicted octanol–water partition coefficient (Wildman–Crippen LogP) is 4.62. The van der Waals surface area contributed by atoms with Gasteiger partial charge in [0.2, 0.25) is 11.7 Å². The number of nitrogens with zero attached hydrogens (tertiary/aromatic N) is 4. The molecule has 0 aliphatic heterocycles. The molecule has 0 fully saturated rings. The zero-order valence-corrected chi connectivity index (χ0v) is 17.6. The maximum absolute atomic E-state index is 5.79. The fraction of sp³-hybridized carbons (Fsp3) is 0.238. The van der Waals surface area contributed by atoms with E-state index in [-0.39, 0.29) is 6.61 Å². The van der Waals surface area contributed by atoms with E-state index in [2.05, 4.69) is 20.3 Å². The second kappa shape index (κ2) is 9.00. The topological polar surface area (TPSA) is 96.3 Å². The Bertz CT molecular complexity index is 1140. The van der Waals surface area contributed by atoms with Crippen molar-refractivity contribution in [3.63, 3.8) is 0 Å². The molecule has 0 spiro atoms. The lowest BCUT2D eigenvalue weighted by molar-refractivity contribution is 0.250. The van der Waals surface area contributed by atoms with Crippen molar-refractivity contribution in [2.75, 3.05) is 7.11 Å². The lowest BCUT2D eigenvalue weighted by atomic mass is 10.1. The minimum Gasteiger partial charge on any atom is -0.497 e. The summed E-state index contributed by atoms with van der Waals surface area (Å²) in [5.74, 6) is 3.31. The Labute approximate surface area is 177 Å². The van der Waals surface area contributed by atoms with Gasteiger partial charge in [-0.1, -0.05) is 41.2 Å². The van der Waals surface area contributed by atoms with E-state index in [1.54, 1.807) is 7.11 Å². The minimum atomic E-state index is 0.207. The zero-order chi connectivity index (χ0) is 20.9. The number of benzene rings is 2. The number of rotatable bonds is 8. The highest BCUT2D eigenvalue weighted by Crippen LogP contribution is 2.25. The van der Waals surface area contributed by atoms with Crippen molar-refractivity contribution in [2.45, 2.75) is 31.4 Å². The third kappa shape index (κ3) is 4.80. The molecule has 0 bridgehead atoms. The molecule has 2 aromatic heterocycles. The Balaban J connectivity index is 1.33. The van der Waals surface area contributed by atoms with E-state index in [1.165, 1.54) is 11.8 Å². The third-order valence-electron chi connectivity index (χ3n) is 4.26. The van der Waals surface area contributed by atoms with Gasteiger partial charge in [0, 0.05) is 5.56 Å². The number of aryl methyl sites for hydroxylation is 2. The van der Waals surface area contributed by atoms with Crippen LogP contribution < -0.4 is 9.47 Å². The number of ether oxygens (including phenoxy) is 2. The van der Waals surface area contributed by atoms with Crippen LogP contribution in [0.5, 0.6) is 11.5 Å². The van der Waals surface area contributed by atoms with Crippen molar-refractivity contribution in [1.82, 2.24) is 20.3 Å². The maximum Gasteiger partial charge on any atom is 0.277 e. The van der Waals surface area contributed by atoms with Gasteiger partial charge in [0.25, 0.3) is 11.1 Å². The van der Waals surface area contributed by atoms with Crippen LogP contribution >= 0.6 is 11.8 Å². The molecule has 2 aromatic carbocycles. The van der Waals surface area contributed by atoms with Gasteiger partial charge in [-0.15, -0.1) is 10.2 Å². The van der Waals surface area contributed by atoms with E-state index >= 15 is 0 Å². The molecule has 0 amide bonds. The lowest BCUT2D eigenvalue weighted by Crippen LogP contribution is -1.97. The maximum atomic E-state index is 5.79. The molecule has 154 valence electrons. The number of thioether (sulfide) groups is 1. The van der Waals surface area contributed by atoms with Crippen molar-refractivity contribution in [2.24, 2.45) is 0 Å². The molecule has 0 saturated heterocycles. The van der Waals surface area contributed by atoms with E-state index in [4.69, 9.17) is 18.4 Å². The Morgan fingerprint density at radius 1 is 1.03 bits per heavy atom. The van der Waals surface area contributed by atoms with Crippen LogP contribution in [-0.2, 0) is 12.4 Å². The van der Waals surface area contributed by atoms with Crippen LogP contribution in [0, 0.1) is 13.8 Å². The molecular weight excluding hydrogens is 404 g/mol. The van der Waals surface area contributed by atoms with Crippen LogP contribution in [0.1, 0.15) is 22.9 Å². The fourth-order valence-electron chi connectivity index (χ4n) is 2.67. The molecule has 0 atom stereocenters. The summed E-state index contributed by atoms with van der Waals surface area (Å²) < 4.78 is 22.0. The van der Waals surface area contributed by atoms with Gasteiger partial charge < -0.3 is 18.4 Å². The summed E-state index contributed by atoms with van der Waals surface area (Å²) in [5, 5.41) is 12.5. The average Bonchev–Trinajstić information content (AvgIpc) is 3.42. The summed E-state index contributed by atoms with van der Waals surface area (Å²) in [4.78, 5) is 4.40. The monoisotopic (exact) mass is 424 g/mol. The van der Waals surface area contributed by atoms with Gasteiger partial charge in [0.15, 0.2) is 6.61 Å². The van der Waals surface area contributed by atoms with Crippen LogP contribution in [-0.4, -0.2) is 27.4 Å². The van der Waals surface area contributed by atoms with Crippen LogP contribution in [0.2, 0.25) is 0 Å². The van der Waals surface area contributed by atoms with Crippen molar-refractivity contribution >= 4 is 11.8 Å². The van der Waals surface area contributed by atoms with E-state index in [9.17, 15) is 0 Å². The molecule has 0 aliphatic carbocycles. The summed E-state index contributed by atoms with van der Waals surface area (Å²) in [6, 6.07) is 13.5. The first-order chi connectivity index (χ1) is 14.6. The average molecular weight is 424 g/mol. The third-order valence-corrected chi connectivity index (χ3v) is 5.06. The molecule has 0 saturated carbocycles. The van der Waals surface area contributed by atoms with Gasteiger partial charge in [0.05, 0.1) is 12.9 Å². The molecule has 4 aromatic rings. The summed E-state index contributed by atoms with van der Waals surface area (Å²) in [7, 11) is 1.61. The molecule has 8 nitrogen and oxygen atoms in total. The van der Waals surface area contributed by atoms with Gasteiger partial charge in [-0.2, -0.15) is 4.98 Å². The van der Waals surface area contributed by atoms with Gasteiger partial charge in [-0.05, 0) is 43.2 Å². The van der Waals surface area contributed by atoms with E-state index in [0.717, 1.165) is 28.2 Å². The fourth-order valence-corrected chi connectivity index (χ4v) is 3.29. The lowest BCUT2D eigenvalue weighted by Gasteiger charge is -2.07. The molecule has 0 unspecified atom stereocenters. The first-order valence-electron chi connectivity index (χ1n) is 9.23. The first-order valence-corrected chi connectivity index (χ1v) is 10.2. The van der Waals surface area contributed by atoms with Crippen molar-refractivity contribution < 1.29 is 18.4 Å². The quantitative estimate of drug-likeness (QED) is 0.375. The number of hydrogen-bond donors (Lipinski definition) is 0. The van der Waals surface area contributed by atoms with Gasteiger partial charge in [-0.3, -0.25) is 0 Å². The molecule has 2 heterocycles. The molecule has 4 rings (SSSR count). The Morgan fingerprint density at radius 2 is 1.93 bits per heavy atom. The van der Waals surface area contributed by atoms with E-state index in [1.807, 2.05) is 56.3 Å². The zero-order valence-electron chi connectivity index (χ0n) is 16.8. The summed E-state index contributed by atoms with van der Waals surface area (Å²) in [5.41, 5.74) is 3.00. The van der Waals surface area contributed by atoms with Crippen LogP contribution in [0.25, 0.3) is 11.4 Å². The Kier molecular flexibility index (Phi) is 5.99. The molecule has 9 heteroatoms.